The Bertz CT molecular complexity index is 1030. The Hall–Kier alpha value is -2.13. The number of pyridine rings is 1. The number of carbonyl (C=O) groups is 1. The Morgan fingerprint density at radius 1 is 1.43 bits per heavy atom. The molecule has 0 radical (unpaired) electrons. The number of rotatable bonds is 5. The first-order valence-corrected chi connectivity index (χ1v) is 10.1. The smallest absolute Gasteiger partial charge is 0.341 e. The molecule has 7 nitrogen and oxygen atoms in total. The van der Waals surface area contributed by atoms with Crippen LogP contribution in [0.25, 0.3) is 10.9 Å². The summed E-state index contributed by atoms with van der Waals surface area (Å²) < 4.78 is 17.5. The van der Waals surface area contributed by atoms with E-state index in [1.54, 1.807) is 4.57 Å². The maximum absolute atomic E-state index is 15.3. The van der Waals surface area contributed by atoms with E-state index in [4.69, 9.17) is 5.73 Å². The number of hydrogen-bond donors (Lipinski definition) is 3. The topological polar surface area (TPSA) is 101 Å². The van der Waals surface area contributed by atoms with Gasteiger partial charge in [-0.15, -0.1) is 0 Å². The molecule has 0 amide bonds. The second-order valence-corrected chi connectivity index (χ2v) is 8.38. The molecular formula is C19H22BrFN4O3. The number of aromatic nitrogens is 1. The first-order chi connectivity index (χ1) is 13.3. The second kappa shape index (κ2) is 7.04. The van der Waals surface area contributed by atoms with E-state index in [0.717, 1.165) is 25.8 Å². The molecule has 1 saturated heterocycles. The number of nitrogens with two attached hydrogens (primary N) is 1. The second-order valence-electron chi connectivity index (χ2n) is 7.59. The molecule has 2 fully saturated rings. The third kappa shape index (κ3) is 2.97. The summed E-state index contributed by atoms with van der Waals surface area (Å²) in [4.78, 5) is 26.3. The number of carboxylic acid groups (broad SMARTS) is 1. The average molecular weight is 453 g/mol. The number of fused-ring (bicyclic) bond motifs is 1. The van der Waals surface area contributed by atoms with Gasteiger partial charge in [-0.2, -0.15) is 0 Å². The summed E-state index contributed by atoms with van der Waals surface area (Å²) in [6.07, 6.45) is 4.05. The quantitative estimate of drug-likeness (QED) is 0.602. The molecule has 2 aliphatic rings. The van der Waals surface area contributed by atoms with Crippen molar-refractivity contribution in [2.24, 2.45) is 5.92 Å². The molecule has 1 unspecified atom stereocenters. The van der Waals surface area contributed by atoms with Crippen LogP contribution < -0.4 is 21.4 Å². The first-order valence-electron chi connectivity index (χ1n) is 9.33. The van der Waals surface area contributed by atoms with Crippen LogP contribution in [0.3, 0.4) is 0 Å². The van der Waals surface area contributed by atoms with Crippen molar-refractivity contribution in [3.05, 3.63) is 32.3 Å². The number of halogens is 2. The van der Waals surface area contributed by atoms with E-state index < -0.39 is 17.2 Å². The van der Waals surface area contributed by atoms with Crippen LogP contribution >= 0.6 is 15.9 Å². The lowest BCUT2D eigenvalue weighted by Crippen LogP contribution is -2.27. The van der Waals surface area contributed by atoms with Gasteiger partial charge >= 0.3 is 5.97 Å². The average Bonchev–Trinajstić information content (AvgIpc) is 3.39. The highest BCUT2D eigenvalue weighted by Gasteiger charge is 2.33. The fraction of sp³-hybridized carbons (Fsp3) is 0.474. The zero-order valence-corrected chi connectivity index (χ0v) is 17.1. The van der Waals surface area contributed by atoms with Crippen molar-refractivity contribution in [3.8, 4) is 0 Å². The van der Waals surface area contributed by atoms with Crippen molar-refractivity contribution >= 4 is 44.2 Å². The molecule has 1 aromatic carbocycles. The lowest BCUT2D eigenvalue weighted by Gasteiger charge is -2.25. The van der Waals surface area contributed by atoms with Gasteiger partial charge in [0.1, 0.15) is 5.56 Å². The van der Waals surface area contributed by atoms with E-state index in [1.165, 1.54) is 6.20 Å². The number of nitrogens with one attached hydrogen (secondary N) is 1. The largest absolute Gasteiger partial charge is 0.477 e. The van der Waals surface area contributed by atoms with Gasteiger partial charge in [-0.3, -0.25) is 4.79 Å². The molecule has 2 heterocycles. The van der Waals surface area contributed by atoms with Crippen LogP contribution in [0, 0.1) is 11.7 Å². The van der Waals surface area contributed by atoms with Gasteiger partial charge in [0.15, 0.2) is 5.82 Å². The highest BCUT2D eigenvalue weighted by molar-refractivity contribution is 9.10. The maximum atomic E-state index is 15.3. The van der Waals surface area contributed by atoms with Gasteiger partial charge in [0.25, 0.3) is 0 Å². The number of benzene rings is 1. The fourth-order valence-corrected chi connectivity index (χ4v) is 4.94. The van der Waals surface area contributed by atoms with Gasteiger partial charge < -0.3 is 25.6 Å². The Kier molecular flexibility index (Phi) is 4.83. The number of hydrogen-bond acceptors (Lipinski definition) is 5. The molecule has 4 rings (SSSR count). The number of aromatic carboxylic acids is 1. The minimum Gasteiger partial charge on any atom is -0.477 e. The standard InChI is InChI=1S/C19H22BrFN4O3/c1-23-6-9-4-5-24(7-9)17-13(20)16-12(15(22)14(17)21)18(26)11(19(27)28)8-25(16)10-2-3-10/h8-10,23H,2-7,22H2,1H3,(H,27,28). The Balaban J connectivity index is 1.97. The molecule has 1 saturated carbocycles. The molecule has 1 aliphatic carbocycles. The normalized spacial score (nSPS) is 19.5. The molecule has 1 aromatic heterocycles. The van der Waals surface area contributed by atoms with Gasteiger partial charge in [-0.05, 0) is 54.7 Å². The Morgan fingerprint density at radius 3 is 2.75 bits per heavy atom. The molecule has 28 heavy (non-hydrogen) atoms. The fourth-order valence-electron chi connectivity index (χ4n) is 4.11. The van der Waals surface area contributed by atoms with Crippen molar-refractivity contribution < 1.29 is 14.3 Å². The van der Waals surface area contributed by atoms with Crippen LogP contribution in [0.15, 0.2) is 15.5 Å². The molecule has 2 aromatic rings. The lowest BCUT2D eigenvalue weighted by molar-refractivity contribution is 0.0695. The predicted molar refractivity (Wildman–Crippen MR) is 110 cm³/mol. The van der Waals surface area contributed by atoms with Crippen LogP contribution in [-0.4, -0.2) is 42.3 Å². The Labute approximate surface area is 169 Å². The monoisotopic (exact) mass is 452 g/mol. The van der Waals surface area contributed by atoms with E-state index in [-0.39, 0.29) is 22.7 Å². The summed E-state index contributed by atoms with van der Waals surface area (Å²) in [5.74, 6) is -1.62. The van der Waals surface area contributed by atoms with Crippen LogP contribution in [0.1, 0.15) is 35.7 Å². The minimum absolute atomic E-state index is 0.0640. The highest BCUT2D eigenvalue weighted by atomic mass is 79.9. The van der Waals surface area contributed by atoms with Crippen LogP contribution in [0.2, 0.25) is 0 Å². The zero-order valence-electron chi connectivity index (χ0n) is 15.5. The van der Waals surface area contributed by atoms with Crippen LogP contribution in [-0.2, 0) is 0 Å². The number of carboxylic acids is 1. The van der Waals surface area contributed by atoms with Crippen molar-refractivity contribution in [2.75, 3.05) is 37.3 Å². The summed E-state index contributed by atoms with van der Waals surface area (Å²) in [6.45, 7) is 2.21. The number of nitrogen functional groups attached to an aromatic ring is 1. The molecular weight excluding hydrogens is 431 g/mol. The maximum Gasteiger partial charge on any atom is 0.341 e. The van der Waals surface area contributed by atoms with Crippen molar-refractivity contribution in [1.82, 2.24) is 9.88 Å². The van der Waals surface area contributed by atoms with Crippen molar-refractivity contribution in [2.45, 2.75) is 25.3 Å². The van der Waals surface area contributed by atoms with Gasteiger partial charge in [0.05, 0.1) is 26.8 Å². The minimum atomic E-state index is -1.34. The SMILES string of the molecule is CNCC1CCN(c2c(F)c(N)c3c(=O)c(C(=O)O)cn(C4CC4)c3c2Br)C1. The van der Waals surface area contributed by atoms with E-state index in [1.807, 2.05) is 11.9 Å². The van der Waals surface area contributed by atoms with Crippen LogP contribution in [0.5, 0.6) is 0 Å². The van der Waals surface area contributed by atoms with E-state index in [2.05, 4.69) is 21.2 Å². The van der Waals surface area contributed by atoms with Crippen molar-refractivity contribution in [3.63, 3.8) is 0 Å². The predicted octanol–water partition coefficient (Wildman–Crippen LogP) is 2.56. The third-order valence-corrected chi connectivity index (χ3v) is 6.38. The van der Waals surface area contributed by atoms with Gasteiger partial charge in [0.2, 0.25) is 5.43 Å². The first kappa shape index (κ1) is 19.2. The molecule has 4 N–H and O–H groups in total. The van der Waals surface area contributed by atoms with E-state index in [9.17, 15) is 14.7 Å². The van der Waals surface area contributed by atoms with Gasteiger partial charge in [-0.25, -0.2) is 9.18 Å². The molecule has 0 spiro atoms. The molecule has 0 bridgehead atoms. The molecule has 9 heteroatoms. The van der Waals surface area contributed by atoms with Crippen LogP contribution in [0.4, 0.5) is 15.8 Å². The zero-order chi connectivity index (χ0) is 20.2. The third-order valence-electron chi connectivity index (χ3n) is 5.63. The summed E-state index contributed by atoms with van der Waals surface area (Å²) >= 11 is 3.52. The summed E-state index contributed by atoms with van der Waals surface area (Å²) in [6, 6.07) is 0.0887. The molecule has 1 atom stereocenters. The number of anilines is 2. The molecule has 1 aliphatic heterocycles. The molecule has 150 valence electrons. The Morgan fingerprint density at radius 2 is 2.14 bits per heavy atom. The number of nitrogens with zero attached hydrogens (tertiary/aromatic N) is 2. The highest BCUT2D eigenvalue weighted by Crippen LogP contribution is 2.45. The lowest BCUT2D eigenvalue weighted by atomic mass is 10.1. The van der Waals surface area contributed by atoms with E-state index >= 15 is 4.39 Å². The summed E-state index contributed by atoms with van der Waals surface area (Å²) in [5.41, 5.74) is 5.46. The van der Waals surface area contributed by atoms with Gasteiger partial charge in [0, 0.05) is 25.3 Å². The van der Waals surface area contributed by atoms with Gasteiger partial charge in [-0.1, -0.05) is 0 Å². The van der Waals surface area contributed by atoms with E-state index in [0.29, 0.717) is 34.7 Å². The summed E-state index contributed by atoms with van der Waals surface area (Å²) in [5, 5.41) is 12.5. The summed E-state index contributed by atoms with van der Waals surface area (Å²) in [7, 11) is 1.89. The van der Waals surface area contributed by atoms with Crippen molar-refractivity contribution in [1.29, 1.82) is 0 Å².